The Morgan fingerprint density at radius 1 is 1.04 bits per heavy atom. The number of hydrogen-bond donors (Lipinski definition) is 3. The van der Waals surface area contributed by atoms with Gasteiger partial charge in [0.05, 0.1) is 0 Å². The van der Waals surface area contributed by atoms with E-state index in [-0.39, 0.29) is 11.1 Å². The first-order valence-electron chi connectivity index (χ1n) is 7.98. The summed E-state index contributed by atoms with van der Waals surface area (Å²) in [6.07, 6.45) is 0. The molecule has 1 aliphatic rings. The molecule has 128 valence electrons. The lowest BCUT2D eigenvalue weighted by atomic mass is 10.2. The molecule has 0 radical (unpaired) electrons. The summed E-state index contributed by atoms with van der Waals surface area (Å²) in [5.74, 6) is 0.614. The number of para-hydroxylation sites is 1. The van der Waals surface area contributed by atoms with Gasteiger partial charge < -0.3 is 21.7 Å². The summed E-state index contributed by atoms with van der Waals surface area (Å²) in [6.45, 7) is 5.74. The van der Waals surface area contributed by atoms with Gasteiger partial charge in [-0.1, -0.05) is 29.8 Å². The van der Waals surface area contributed by atoms with Gasteiger partial charge in [-0.15, -0.1) is 0 Å². The summed E-state index contributed by atoms with van der Waals surface area (Å²) in [7, 11) is 0. The van der Waals surface area contributed by atoms with E-state index in [9.17, 15) is 0 Å². The van der Waals surface area contributed by atoms with E-state index in [1.165, 1.54) is 5.69 Å². The molecule has 0 spiro atoms. The van der Waals surface area contributed by atoms with E-state index in [1.54, 1.807) is 0 Å². The van der Waals surface area contributed by atoms with Crippen molar-refractivity contribution >= 4 is 34.7 Å². The van der Waals surface area contributed by atoms with E-state index in [1.807, 2.05) is 6.07 Å². The largest absolute Gasteiger partial charge is 0.393 e. The fourth-order valence-electron chi connectivity index (χ4n) is 2.79. The molecule has 1 aromatic carbocycles. The van der Waals surface area contributed by atoms with Gasteiger partial charge in [-0.3, -0.25) is 4.90 Å². The van der Waals surface area contributed by atoms with Gasteiger partial charge in [0, 0.05) is 45.0 Å². The monoisotopic (exact) mass is 347 g/mol. The first kappa shape index (κ1) is 16.6. The maximum absolute atomic E-state index is 5.91. The molecule has 2 heterocycles. The van der Waals surface area contributed by atoms with Crippen LogP contribution in [0.4, 0.5) is 23.1 Å². The fourth-order valence-corrected chi connectivity index (χ4v) is 2.97. The van der Waals surface area contributed by atoms with Crippen molar-refractivity contribution < 1.29 is 0 Å². The predicted molar refractivity (Wildman–Crippen MR) is 99.5 cm³/mol. The number of hydrogen-bond acceptors (Lipinski definition) is 7. The van der Waals surface area contributed by atoms with E-state index in [2.05, 4.69) is 49.4 Å². The second kappa shape index (κ2) is 7.55. The van der Waals surface area contributed by atoms with E-state index < -0.39 is 0 Å². The van der Waals surface area contributed by atoms with Crippen LogP contribution in [0.25, 0.3) is 0 Å². The zero-order valence-corrected chi connectivity index (χ0v) is 14.2. The molecular formula is C16H22ClN7. The van der Waals surface area contributed by atoms with Crippen LogP contribution in [0.3, 0.4) is 0 Å². The number of piperazine rings is 1. The van der Waals surface area contributed by atoms with Crippen LogP contribution in [0.1, 0.15) is 0 Å². The number of aromatic nitrogens is 2. The topological polar surface area (TPSA) is 96.3 Å². The highest BCUT2D eigenvalue weighted by Crippen LogP contribution is 2.24. The molecule has 0 unspecified atom stereocenters. The first-order valence-corrected chi connectivity index (χ1v) is 8.36. The molecule has 0 amide bonds. The minimum Gasteiger partial charge on any atom is -0.393 e. The van der Waals surface area contributed by atoms with E-state index in [0.717, 1.165) is 39.3 Å². The molecule has 1 saturated heterocycles. The maximum atomic E-state index is 5.91. The van der Waals surface area contributed by atoms with E-state index in [4.69, 9.17) is 23.1 Å². The summed E-state index contributed by atoms with van der Waals surface area (Å²) >= 11 is 5.91. The van der Waals surface area contributed by atoms with Crippen molar-refractivity contribution in [2.45, 2.75) is 0 Å². The summed E-state index contributed by atoms with van der Waals surface area (Å²) in [6, 6.07) is 10.5. The van der Waals surface area contributed by atoms with Gasteiger partial charge in [0.2, 0.25) is 5.95 Å². The molecule has 24 heavy (non-hydrogen) atoms. The van der Waals surface area contributed by atoms with Gasteiger partial charge in [0.15, 0.2) is 11.0 Å². The smallest absolute Gasteiger partial charge is 0.223 e. The van der Waals surface area contributed by atoms with E-state index >= 15 is 0 Å². The molecule has 1 aliphatic heterocycles. The summed E-state index contributed by atoms with van der Waals surface area (Å²) in [5.41, 5.74) is 13.1. The third-order valence-corrected chi connectivity index (χ3v) is 4.42. The molecule has 3 rings (SSSR count). The second-order valence-electron chi connectivity index (χ2n) is 5.73. The van der Waals surface area contributed by atoms with Crippen LogP contribution in [0.15, 0.2) is 30.3 Å². The third kappa shape index (κ3) is 3.98. The van der Waals surface area contributed by atoms with Crippen molar-refractivity contribution in [3.05, 3.63) is 35.5 Å². The zero-order chi connectivity index (χ0) is 16.9. The molecule has 0 aliphatic carbocycles. The maximum Gasteiger partial charge on any atom is 0.223 e. The number of nitrogens with two attached hydrogens (primary N) is 2. The van der Waals surface area contributed by atoms with Crippen LogP contribution < -0.4 is 21.7 Å². The predicted octanol–water partition coefficient (Wildman–Crippen LogP) is 1.53. The van der Waals surface area contributed by atoms with Gasteiger partial charge in [-0.05, 0) is 12.1 Å². The lowest BCUT2D eigenvalue weighted by Crippen LogP contribution is -2.47. The standard InChI is InChI=1S/C16H22ClN7/c17-14-13(18)15(22-16(19)21-14)20-6-7-23-8-10-24(11-9-23)12-4-2-1-3-5-12/h1-5H,6-11,18H2,(H3,19,20,21,22). The summed E-state index contributed by atoms with van der Waals surface area (Å²) in [4.78, 5) is 12.7. The second-order valence-corrected chi connectivity index (χ2v) is 6.08. The average Bonchev–Trinajstić information content (AvgIpc) is 2.60. The van der Waals surface area contributed by atoms with Crippen molar-refractivity contribution in [3.63, 3.8) is 0 Å². The van der Waals surface area contributed by atoms with Gasteiger partial charge >= 0.3 is 0 Å². The Bertz CT molecular complexity index is 672. The third-order valence-electron chi connectivity index (χ3n) is 4.13. The molecule has 7 nitrogen and oxygen atoms in total. The molecule has 0 bridgehead atoms. The van der Waals surface area contributed by atoms with Gasteiger partial charge in [0.25, 0.3) is 0 Å². The van der Waals surface area contributed by atoms with Crippen LogP contribution in [-0.2, 0) is 0 Å². The average molecular weight is 348 g/mol. The zero-order valence-electron chi connectivity index (χ0n) is 13.5. The van der Waals surface area contributed by atoms with Crippen molar-refractivity contribution in [2.75, 3.05) is 61.0 Å². The molecule has 0 saturated carbocycles. The number of benzene rings is 1. The normalized spacial score (nSPS) is 15.5. The van der Waals surface area contributed by atoms with Crippen molar-refractivity contribution in [1.82, 2.24) is 14.9 Å². The van der Waals surface area contributed by atoms with Crippen LogP contribution >= 0.6 is 11.6 Å². The molecule has 1 fully saturated rings. The SMILES string of the molecule is Nc1nc(Cl)c(N)c(NCCN2CCN(c3ccccc3)CC2)n1. The van der Waals surface area contributed by atoms with Crippen LogP contribution in [0.5, 0.6) is 0 Å². The minimum atomic E-state index is 0.119. The Hall–Kier alpha value is -2.25. The fraction of sp³-hybridized carbons (Fsp3) is 0.375. The van der Waals surface area contributed by atoms with Crippen LogP contribution in [0.2, 0.25) is 5.15 Å². The van der Waals surface area contributed by atoms with Crippen molar-refractivity contribution in [1.29, 1.82) is 0 Å². The summed E-state index contributed by atoms with van der Waals surface area (Å²) in [5, 5.41) is 3.37. The number of halogens is 1. The Morgan fingerprint density at radius 2 is 1.75 bits per heavy atom. The lowest BCUT2D eigenvalue weighted by molar-refractivity contribution is 0.267. The van der Waals surface area contributed by atoms with Crippen molar-refractivity contribution in [3.8, 4) is 0 Å². The highest BCUT2D eigenvalue weighted by Gasteiger charge is 2.17. The Morgan fingerprint density at radius 3 is 2.46 bits per heavy atom. The van der Waals surface area contributed by atoms with Gasteiger partial charge in [-0.2, -0.15) is 9.97 Å². The number of nitrogens with zero attached hydrogens (tertiary/aromatic N) is 4. The Labute approximate surface area is 146 Å². The number of anilines is 4. The highest BCUT2D eigenvalue weighted by molar-refractivity contribution is 6.32. The van der Waals surface area contributed by atoms with Crippen LogP contribution in [0, 0.1) is 0 Å². The molecule has 2 aromatic rings. The molecule has 8 heteroatoms. The number of nitrogen functional groups attached to an aromatic ring is 2. The lowest BCUT2D eigenvalue weighted by Gasteiger charge is -2.36. The number of rotatable bonds is 5. The Balaban J connectivity index is 1.46. The molecule has 5 N–H and O–H groups in total. The first-order chi connectivity index (χ1) is 11.6. The van der Waals surface area contributed by atoms with E-state index in [0.29, 0.717) is 11.5 Å². The minimum absolute atomic E-state index is 0.119. The summed E-state index contributed by atoms with van der Waals surface area (Å²) < 4.78 is 0. The highest BCUT2D eigenvalue weighted by atomic mass is 35.5. The number of nitrogens with one attached hydrogen (secondary N) is 1. The quantitative estimate of drug-likeness (QED) is 0.706. The van der Waals surface area contributed by atoms with Gasteiger partial charge in [0.1, 0.15) is 5.69 Å². The molecular weight excluding hydrogens is 326 g/mol. The van der Waals surface area contributed by atoms with Gasteiger partial charge in [-0.25, -0.2) is 0 Å². The van der Waals surface area contributed by atoms with Crippen molar-refractivity contribution in [2.24, 2.45) is 0 Å². The van der Waals surface area contributed by atoms with Crippen LogP contribution in [-0.4, -0.2) is 54.1 Å². The Kier molecular flexibility index (Phi) is 5.22. The molecule has 0 atom stereocenters. The molecule has 1 aromatic heterocycles.